The van der Waals surface area contributed by atoms with E-state index in [4.69, 9.17) is 13.6 Å². The molecule has 124 valence electrons. The lowest BCUT2D eigenvalue weighted by Crippen LogP contribution is -2.43. The molecule has 0 aliphatic carbocycles. The van der Waals surface area contributed by atoms with E-state index in [1.807, 2.05) is 26.0 Å². The Balaban J connectivity index is 1.69. The molecule has 3 rings (SSSR count). The van der Waals surface area contributed by atoms with E-state index in [2.05, 4.69) is 10.2 Å². The number of furan rings is 2. The van der Waals surface area contributed by atoms with Gasteiger partial charge in [-0.05, 0) is 38.1 Å². The summed E-state index contributed by atoms with van der Waals surface area (Å²) >= 11 is 0. The molecular formula is C17H22N2O4. The third-order valence-electron chi connectivity index (χ3n) is 4.00. The fourth-order valence-corrected chi connectivity index (χ4v) is 2.76. The monoisotopic (exact) mass is 318 g/mol. The highest BCUT2D eigenvalue weighted by Crippen LogP contribution is 2.23. The first-order chi connectivity index (χ1) is 11.1. The predicted octanol–water partition coefficient (Wildman–Crippen LogP) is 2.29. The molecule has 0 aromatic carbocycles. The van der Waals surface area contributed by atoms with Crippen LogP contribution in [-0.4, -0.2) is 43.7 Å². The second-order valence-corrected chi connectivity index (χ2v) is 5.73. The summed E-state index contributed by atoms with van der Waals surface area (Å²) in [5.74, 6) is 2.58. The van der Waals surface area contributed by atoms with Gasteiger partial charge in [-0.25, -0.2) is 0 Å². The number of rotatable bonds is 5. The van der Waals surface area contributed by atoms with Crippen molar-refractivity contribution in [2.45, 2.75) is 19.9 Å². The lowest BCUT2D eigenvalue weighted by atomic mass is 10.1. The maximum atomic E-state index is 12.2. The fraction of sp³-hybridized carbons (Fsp3) is 0.471. The molecule has 3 heterocycles. The highest BCUT2D eigenvalue weighted by molar-refractivity contribution is 5.91. The molecule has 1 saturated heterocycles. The normalized spacial score (nSPS) is 17.1. The van der Waals surface area contributed by atoms with Gasteiger partial charge in [0.2, 0.25) is 0 Å². The summed E-state index contributed by atoms with van der Waals surface area (Å²) in [6.45, 7) is 7.23. The summed E-state index contributed by atoms with van der Waals surface area (Å²) in [6, 6.07) is 7.38. The molecule has 0 saturated carbocycles. The van der Waals surface area contributed by atoms with Gasteiger partial charge in [-0.2, -0.15) is 0 Å². The van der Waals surface area contributed by atoms with E-state index in [0.717, 1.165) is 30.4 Å². The molecule has 0 bridgehead atoms. The number of carbonyl (C=O) groups excluding carboxylic acids is 1. The predicted molar refractivity (Wildman–Crippen MR) is 84.4 cm³/mol. The highest BCUT2D eigenvalue weighted by atomic mass is 16.5. The van der Waals surface area contributed by atoms with E-state index >= 15 is 0 Å². The number of ether oxygens (including phenoxy) is 1. The molecule has 1 fully saturated rings. The molecule has 23 heavy (non-hydrogen) atoms. The van der Waals surface area contributed by atoms with Crippen molar-refractivity contribution in [2.24, 2.45) is 0 Å². The first-order valence-electron chi connectivity index (χ1n) is 7.86. The van der Waals surface area contributed by atoms with Gasteiger partial charge >= 0.3 is 0 Å². The standard InChI is InChI=1S/C17H22N2O4/c1-12-3-5-15(22-12)14(19-7-9-21-10-8-19)11-18-17(20)16-6-4-13(2)23-16/h3-6,14H,7-11H2,1-2H3,(H,18,20). The van der Waals surface area contributed by atoms with E-state index in [9.17, 15) is 4.79 Å². The van der Waals surface area contributed by atoms with Crippen molar-refractivity contribution in [3.63, 3.8) is 0 Å². The summed E-state index contributed by atoms with van der Waals surface area (Å²) in [4.78, 5) is 14.5. The van der Waals surface area contributed by atoms with Crippen LogP contribution in [0.2, 0.25) is 0 Å². The Morgan fingerprint density at radius 2 is 1.83 bits per heavy atom. The van der Waals surface area contributed by atoms with E-state index < -0.39 is 0 Å². The van der Waals surface area contributed by atoms with Gasteiger partial charge in [0.25, 0.3) is 5.91 Å². The lowest BCUT2D eigenvalue weighted by Gasteiger charge is -2.33. The minimum Gasteiger partial charge on any atom is -0.465 e. The van der Waals surface area contributed by atoms with Crippen LogP contribution < -0.4 is 5.32 Å². The molecular weight excluding hydrogens is 296 g/mol. The molecule has 1 aliphatic heterocycles. The number of nitrogens with one attached hydrogen (secondary N) is 1. The summed E-state index contributed by atoms with van der Waals surface area (Å²) in [7, 11) is 0. The van der Waals surface area contributed by atoms with Crippen molar-refractivity contribution in [3.05, 3.63) is 47.3 Å². The van der Waals surface area contributed by atoms with Gasteiger partial charge in [0, 0.05) is 19.6 Å². The molecule has 1 unspecified atom stereocenters. The van der Waals surface area contributed by atoms with Crippen LogP contribution in [0.15, 0.2) is 33.1 Å². The average molecular weight is 318 g/mol. The number of hydrogen-bond acceptors (Lipinski definition) is 5. The van der Waals surface area contributed by atoms with Crippen molar-refractivity contribution in [2.75, 3.05) is 32.8 Å². The van der Waals surface area contributed by atoms with Gasteiger partial charge in [-0.3, -0.25) is 9.69 Å². The quantitative estimate of drug-likeness (QED) is 0.916. The van der Waals surface area contributed by atoms with E-state index in [1.165, 1.54) is 0 Å². The van der Waals surface area contributed by atoms with E-state index in [-0.39, 0.29) is 11.9 Å². The zero-order valence-electron chi connectivity index (χ0n) is 13.5. The van der Waals surface area contributed by atoms with Crippen molar-refractivity contribution in [1.82, 2.24) is 10.2 Å². The van der Waals surface area contributed by atoms with Gasteiger partial charge in [0.1, 0.15) is 17.3 Å². The number of amides is 1. The van der Waals surface area contributed by atoms with Crippen LogP contribution in [-0.2, 0) is 4.74 Å². The van der Waals surface area contributed by atoms with E-state index in [1.54, 1.807) is 12.1 Å². The maximum Gasteiger partial charge on any atom is 0.287 e. The topological polar surface area (TPSA) is 67.9 Å². The molecule has 6 heteroatoms. The SMILES string of the molecule is Cc1ccc(C(=O)NCC(c2ccc(C)o2)N2CCOCC2)o1. The third-order valence-corrected chi connectivity index (χ3v) is 4.00. The third kappa shape index (κ3) is 3.83. The van der Waals surface area contributed by atoms with Crippen LogP contribution in [0.5, 0.6) is 0 Å². The van der Waals surface area contributed by atoms with Crippen molar-refractivity contribution < 1.29 is 18.4 Å². The maximum absolute atomic E-state index is 12.2. The van der Waals surface area contributed by atoms with Crippen molar-refractivity contribution >= 4 is 5.91 Å². The van der Waals surface area contributed by atoms with E-state index in [0.29, 0.717) is 25.5 Å². The average Bonchev–Trinajstić information content (AvgIpc) is 3.17. The first-order valence-corrected chi connectivity index (χ1v) is 7.86. The fourth-order valence-electron chi connectivity index (χ4n) is 2.76. The molecule has 2 aromatic rings. The zero-order valence-corrected chi connectivity index (χ0v) is 13.5. The minimum atomic E-state index is -0.209. The smallest absolute Gasteiger partial charge is 0.287 e. The zero-order chi connectivity index (χ0) is 16.2. The van der Waals surface area contributed by atoms with Crippen LogP contribution in [0, 0.1) is 13.8 Å². The molecule has 2 aromatic heterocycles. The number of morpholine rings is 1. The number of hydrogen-bond donors (Lipinski definition) is 1. The molecule has 0 spiro atoms. The molecule has 1 atom stereocenters. The molecule has 1 aliphatic rings. The minimum absolute atomic E-state index is 0.00684. The van der Waals surface area contributed by atoms with Crippen LogP contribution in [0.25, 0.3) is 0 Å². The summed E-state index contributed by atoms with van der Waals surface area (Å²) in [6.07, 6.45) is 0. The van der Waals surface area contributed by atoms with Crippen LogP contribution in [0.1, 0.15) is 33.9 Å². The van der Waals surface area contributed by atoms with Gasteiger partial charge in [-0.1, -0.05) is 0 Å². The molecule has 1 amide bonds. The number of aryl methyl sites for hydroxylation is 2. The summed E-state index contributed by atoms with van der Waals surface area (Å²) < 4.78 is 16.6. The largest absolute Gasteiger partial charge is 0.465 e. The van der Waals surface area contributed by atoms with Crippen LogP contribution in [0.3, 0.4) is 0 Å². The van der Waals surface area contributed by atoms with Gasteiger partial charge < -0.3 is 18.9 Å². The molecule has 6 nitrogen and oxygen atoms in total. The molecule has 0 radical (unpaired) electrons. The van der Waals surface area contributed by atoms with Crippen molar-refractivity contribution in [1.29, 1.82) is 0 Å². The summed E-state index contributed by atoms with van der Waals surface area (Å²) in [5, 5.41) is 2.94. The van der Waals surface area contributed by atoms with Crippen molar-refractivity contribution in [3.8, 4) is 0 Å². The van der Waals surface area contributed by atoms with Gasteiger partial charge in [0.05, 0.1) is 19.3 Å². The Kier molecular flexibility index (Phi) is 4.83. The first kappa shape index (κ1) is 15.8. The Bertz CT molecular complexity index is 655. The van der Waals surface area contributed by atoms with Crippen LogP contribution >= 0.6 is 0 Å². The molecule has 1 N–H and O–H groups in total. The van der Waals surface area contributed by atoms with Crippen LogP contribution in [0.4, 0.5) is 0 Å². The summed E-state index contributed by atoms with van der Waals surface area (Å²) in [5.41, 5.74) is 0. The highest BCUT2D eigenvalue weighted by Gasteiger charge is 2.26. The lowest BCUT2D eigenvalue weighted by molar-refractivity contribution is 0.0116. The number of carbonyl (C=O) groups is 1. The Morgan fingerprint density at radius 1 is 1.13 bits per heavy atom. The second-order valence-electron chi connectivity index (χ2n) is 5.73. The Morgan fingerprint density at radius 3 is 2.43 bits per heavy atom. The number of nitrogens with zero attached hydrogens (tertiary/aromatic N) is 1. The second kappa shape index (κ2) is 7.02. The van der Waals surface area contributed by atoms with Gasteiger partial charge in [-0.15, -0.1) is 0 Å². The van der Waals surface area contributed by atoms with Gasteiger partial charge in [0.15, 0.2) is 5.76 Å². The Hall–Kier alpha value is -2.05. The Labute approximate surface area is 135 Å².